The van der Waals surface area contributed by atoms with E-state index in [9.17, 15) is 19.7 Å². The lowest BCUT2D eigenvalue weighted by Crippen LogP contribution is -2.30. The number of carbonyl (C=O) groups is 1. The molecule has 0 aromatic heterocycles. The first-order valence-electron chi connectivity index (χ1n) is 12.6. The molecular formula is C28H29N3O10S. The molecule has 13 nitrogen and oxygen atoms in total. The van der Waals surface area contributed by atoms with Crippen molar-refractivity contribution in [2.24, 2.45) is 0 Å². The van der Waals surface area contributed by atoms with Crippen molar-refractivity contribution >= 4 is 23.4 Å². The van der Waals surface area contributed by atoms with Crippen molar-refractivity contribution in [3.05, 3.63) is 85.1 Å². The number of thioether (sulfide) groups is 1. The zero-order chi connectivity index (χ0) is 30.6. The maximum Gasteiger partial charge on any atom is 0.282 e. The number of hydrogen-bond acceptors (Lipinski definition) is 12. The van der Waals surface area contributed by atoms with Crippen LogP contribution in [-0.2, 0) is 17.9 Å². The molecule has 3 N–H and O–H groups in total. The Labute approximate surface area is 244 Å². The second-order valence-corrected chi connectivity index (χ2v) is 10.0. The Kier molecular flexibility index (Phi) is 9.65. The number of nitro benzene ring substituents is 1. The lowest BCUT2D eigenvalue weighted by Gasteiger charge is -2.20. The van der Waals surface area contributed by atoms with Gasteiger partial charge in [0.15, 0.2) is 16.9 Å². The zero-order valence-electron chi connectivity index (χ0n) is 23.2. The first-order valence-corrected chi connectivity index (χ1v) is 13.8. The van der Waals surface area contributed by atoms with Gasteiger partial charge in [-0.25, -0.2) is 4.84 Å². The van der Waals surface area contributed by atoms with Crippen molar-refractivity contribution < 1.29 is 39.2 Å². The Morgan fingerprint density at radius 1 is 1.10 bits per heavy atom. The third-order valence-corrected chi connectivity index (χ3v) is 7.65. The van der Waals surface area contributed by atoms with E-state index in [0.717, 1.165) is 11.6 Å². The average molecular weight is 600 g/mol. The number of nitrogens with one attached hydrogen (secondary N) is 1. The fourth-order valence-electron chi connectivity index (χ4n) is 5.00. The molecule has 222 valence electrons. The van der Waals surface area contributed by atoms with Crippen LogP contribution in [0.25, 0.3) is 11.1 Å². The van der Waals surface area contributed by atoms with Crippen LogP contribution in [0.15, 0.2) is 52.2 Å². The average Bonchev–Trinajstić information content (AvgIpc) is 3.22. The van der Waals surface area contributed by atoms with E-state index < -0.39 is 27.9 Å². The number of benzene rings is 2. The highest BCUT2D eigenvalue weighted by Crippen LogP contribution is 2.50. The van der Waals surface area contributed by atoms with Crippen LogP contribution in [0.2, 0.25) is 0 Å². The van der Waals surface area contributed by atoms with Crippen LogP contribution >= 0.6 is 11.8 Å². The van der Waals surface area contributed by atoms with Crippen molar-refractivity contribution in [3.63, 3.8) is 0 Å². The Hall–Kier alpha value is -4.21. The minimum atomic E-state index is -0.763. The molecule has 3 aromatic rings. The van der Waals surface area contributed by atoms with Gasteiger partial charge in [0.25, 0.3) is 11.6 Å². The highest BCUT2D eigenvalue weighted by atomic mass is 32.2. The lowest BCUT2D eigenvalue weighted by atomic mass is 9.95. The summed E-state index contributed by atoms with van der Waals surface area (Å²) >= 11 is 1.28. The van der Waals surface area contributed by atoms with Gasteiger partial charge in [-0.3, -0.25) is 30.1 Å². The van der Waals surface area contributed by atoms with Crippen molar-refractivity contribution in [2.45, 2.75) is 30.4 Å². The number of ether oxygens (including phenoxy) is 3. The SMILES string of the molecule is COc1cc2c(c(OC)c1OC)-c1ccc(SC)c(=O)cc1[C@@H](NC(=O)c1cc(CON(O)O)ccc1[N+](=O)[O-])CC2. The molecule has 42 heavy (non-hydrogen) atoms. The van der Waals surface area contributed by atoms with Crippen molar-refractivity contribution in [1.29, 1.82) is 0 Å². The second kappa shape index (κ2) is 13.2. The van der Waals surface area contributed by atoms with Crippen molar-refractivity contribution in [3.8, 4) is 28.4 Å². The Bertz CT molecular complexity index is 1580. The number of nitro groups is 1. The molecule has 0 unspecified atom stereocenters. The highest BCUT2D eigenvalue weighted by Gasteiger charge is 2.31. The molecule has 1 aliphatic carbocycles. The first-order chi connectivity index (χ1) is 20.1. The van der Waals surface area contributed by atoms with Gasteiger partial charge in [0.05, 0.1) is 49.2 Å². The summed E-state index contributed by atoms with van der Waals surface area (Å²) in [4.78, 5) is 43.0. The van der Waals surface area contributed by atoms with Gasteiger partial charge < -0.3 is 19.5 Å². The third-order valence-electron chi connectivity index (χ3n) is 6.87. The second-order valence-electron chi connectivity index (χ2n) is 9.16. The summed E-state index contributed by atoms with van der Waals surface area (Å²) < 4.78 is 16.9. The number of amides is 1. The van der Waals surface area contributed by atoms with Crippen LogP contribution in [0.3, 0.4) is 0 Å². The van der Waals surface area contributed by atoms with Crippen molar-refractivity contribution in [1.82, 2.24) is 10.7 Å². The van der Waals surface area contributed by atoms with E-state index in [1.807, 2.05) is 6.07 Å². The maximum atomic E-state index is 13.6. The largest absolute Gasteiger partial charge is 0.493 e. The van der Waals surface area contributed by atoms with Gasteiger partial charge >= 0.3 is 0 Å². The van der Waals surface area contributed by atoms with Crippen LogP contribution in [0.5, 0.6) is 17.2 Å². The van der Waals surface area contributed by atoms with E-state index in [0.29, 0.717) is 51.7 Å². The van der Waals surface area contributed by atoms with Gasteiger partial charge in [-0.05, 0) is 71.7 Å². The van der Waals surface area contributed by atoms with E-state index >= 15 is 0 Å². The van der Waals surface area contributed by atoms with Crippen LogP contribution in [0, 0.1) is 10.1 Å². The summed E-state index contributed by atoms with van der Waals surface area (Å²) in [6.45, 7) is -0.372. The highest BCUT2D eigenvalue weighted by molar-refractivity contribution is 7.98. The van der Waals surface area contributed by atoms with E-state index in [1.165, 1.54) is 51.3 Å². The number of nitrogens with zero attached hydrogens (tertiary/aromatic N) is 2. The maximum absolute atomic E-state index is 13.6. The zero-order valence-corrected chi connectivity index (χ0v) is 24.0. The van der Waals surface area contributed by atoms with Gasteiger partial charge in [-0.1, -0.05) is 6.07 Å². The molecule has 0 bridgehead atoms. The molecule has 0 saturated heterocycles. The standard InChI is InChI=1S/C28H29N3O10S/c1-38-23-12-16-6-8-20(29-28(33)19-11-15(14-41-31(36)37)5-9-21(19)30(34)35)18-13-22(32)24(42-4)10-7-17(18)25(16)27(40-3)26(23)39-2/h5,7,9-13,20,36-37H,6,8,14H2,1-4H3,(H,29,33)/t20-/m0/s1. The molecule has 0 heterocycles. The fraction of sp³-hybridized carbons (Fsp3) is 0.286. The molecule has 0 radical (unpaired) electrons. The summed E-state index contributed by atoms with van der Waals surface area (Å²) in [6.07, 6.45) is 2.55. The molecule has 4 rings (SSSR count). The predicted molar refractivity (Wildman–Crippen MR) is 151 cm³/mol. The molecular weight excluding hydrogens is 570 g/mol. The van der Waals surface area contributed by atoms with Crippen LogP contribution in [0.4, 0.5) is 5.69 Å². The number of fused-ring (bicyclic) bond motifs is 3. The fourth-order valence-corrected chi connectivity index (χ4v) is 5.46. The minimum absolute atomic E-state index is 0.256. The number of aryl methyl sites for hydroxylation is 1. The van der Waals surface area contributed by atoms with Gasteiger partial charge in [0, 0.05) is 11.6 Å². The van der Waals surface area contributed by atoms with Crippen molar-refractivity contribution in [2.75, 3.05) is 27.6 Å². The predicted octanol–water partition coefficient (Wildman–Crippen LogP) is 4.30. The van der Waals surface area contributed by atoms with E-state index in [4.69, 9.17) is 24.6 Å². The number of rotatable bonds is 10. The molecule has 0 aliphatic heterocycles. The van der Waals surface area contributed by atoms with E-state index in [1.54, 1.807) is 18.4 Å². The van der Waals surface area contributed by atoms with E-state index in [-0.39, 0.29) is 23.2 Å². The monoisotopic (exact) mass is 599 g/mol. The Morgan fingerprint density at radius 2 is 1.83 bits per heavy atom. The Morgan fingerprint density at radius 3 is 2.45 bits per heavy atom. The van der Waals surface area contributed by atoms with Crippen LogP contribution in [-0.4, -0.2) is 54.2 Å². The molecule has 3 aromatic carbocycles. The van der Waals surface area contributed by atoms with E-state index in [2.05, 4.69) is 10.2 Å². The smallest absolute Gasteiger partial charge is 0.282 e. The Balaban J connectivity index is 1.87. The molecule has 1 amide bonds. The summed E-state index contributed by atoms with van der Waals surface area (Å²) in [5.41, 5.74) is 1.91. The number of hydrogen-bond donors (Lipinski definition) is 3. The lowest BCUT2D eigenvalue weighted by molar-refractivity contribution is -0.497. The van der Waals surface area contributed by atoms with Gasteiger partial charge in [0.1, 0.15) is 5.56 Å². The normalized spacial score (nSPS) is 13.9. The number of carbonyl (C=O) groups excluding carboxylic acids is 1. The summed E-state index contributed by atoms with van der Waals surface area (Å²) in [7, 11) is 4.50. The summed E-state index contributed by atoms with van der Waals surface area (Å²) in [5, 5.41) is 31.9. The molecule has 0 spiro atoms. The molecule has 1 atom stereocenters. The molecule has 0 fully saturated rings. The topological polar surface area (TPSA) is 170 Å². The van der Waals surface area contributed by atoms with Gasteiger partial charge in [0.2, 0.25) is 5.75 Å². The molecule has 0 saturated carbocycles. The third kappa shape index (κ3) is 6.17. The van der Waals surface area contributed by atoms with Gasteiger partial charge in [-0.2, -0.15) is 0 Å². The summed E-state index contributed by atoms with van der Waals surface area (Å²) in [6, 6.07) is 9.74. The molecule has 1 aliphatic rings. The number of methoxy groups -OCH3 is 3. The first kappa shape index (κ1) is 30.7. The van der Waals surface area contributed by atoms with Gasteiger partial charge in [-0.15, -0.1) is 11.8 Å². The minimum Gasteiger partial charge on any atom is -0.493 e. The van der Waals surface area contributed by atoms with Crippen LogP contribution in [0.1, 0.15) is 39.5 Å². The molecule has 14 heteroatoms. The quantitative estimate of drug-likeness (QED) is 0.172. The summed E-state index contributed by atoms with van der Waals surface area (Å²) in [5.74, 6) is 0.451. The van der Waals surface area contributed by atoms with Crippen LogP contribution < -0.4 is 25.0 Å².